The number of rotatable bonds is 5. The van der Waals surface area contributed by atoms with Gasteiger partial charge in [-0.3, -0.25) is 0 Å². The van der Waals surface area contributed by atoms with Gasteiger partial charge in [-0.15, -0.1) is 0 Å². The predicted octanol–water partition coefficient (Wildman–Crippen LogP) is 5.06. The Bertz CT molecular complexity index is 697. The number of benzene rings is 1. The van der Waals surface area contributed by atoms with E-state index in [1.54, 1.807) is 17.0 Å². The van der Waals surface area contributed by atoms with Crippen LogP contribution in [0.25, 0.3) is 0 Å². The minimum atomic E-state index is -0.580. The quantitative estimate of drug-likeness (QED) is 0.336. The Morgan fingerprint density at radius 2 is 1.59 bits per heavy atom. The van der Waals surface area contributed by atoms with Crippen molar-refractivity contribution < 1.29 is 24.2 Å². The highest BCUT2D eigenvalue weighted by molar-refractivity contribution is 14.1. The van der Waals surface area contributed by atoms with E-state index < -0.39 is 9.21 Å². The fourth-order valence-electron chi connectivity index (χ4n) is 3.26. The molecule has 162 valence electrons. The van der Waals surface area contributed by atoms with Gasteiger partial charge in [-0.2, -0.15) is 0 Å². The third-order valence-electron chi connectivity index (χ3n) is 4.61. The van der Waals surface area contributed by atoms with Gasteiger partial charge in [-0.05, 0) is 101 Å². The summed E-state index contributed by atoms with van der Waals surface area (Å²) in [6, 6.07) is 7.14. The second-order valence-corrected chi connectivity index (χ2v) is 11.6. The number of alkyl halides is 1. The number of carbonyl (C=O) groups is 2. The number of hydrogen-bond acceptors (Lipinski definition) is 5. The second kappa shape index (κ2) is 9.64. The Kier molecular flexibility index (Phi) is 7.95. The van der Waals surface area contributed by atoms with Crippen LogP contribution in [-0.4, -0.2) is 43.4 Å². The highest BCUT2D eigenvalue weighted by Crippen LogP contribution is 2.27. The van der Waals surface area contributed by atoms with Crippen molar-refractivity contribution in [1.82, 2.24) is 4.90 Å². The van der Waals surface area contributed by atoms with E-state index >= 15 is 0 Å². The van der Waals surface area contributed by atoms with Gasteiger partial charge in [0, 0.05) is 12.6 Å². The molecule has 2 rings (SSSR count). The van der Waals surface area contributed by atoms with Crippen molar-refractivity contribution >= 4 is 34.7 Å². The van der Waals surface area contributed by atoms with Crippen LogP contribution in [0.2, 0.25) is 0 Å². The number of aliphatic hydroxyl groups is 1. The molecular weight excluding hydrogens is 485 g/mol. The van der Waals surface area contributed by atoms with Gasteiger partial charge in [-0.25, -0.2) is 9.59 Å². The molecule has 7 heteroatoms. The first-order chi connectivity index (χ1) is 13.3. The highest BCUT2D eigenvalue weighted by atomic mass is 127. The van der Waals surface area contributed by atoms with Gasteiger partial charge in [0.25, 0.3) is 0 Å². The molecule has 0 spiro atoms. The Morgan fingerprint density at radius 3 is 2.07 bits per heavy atom. The maximum Gasteiger partial charge on any atom is 0.410 e. The van der Waals surface area contributed by atoms with Crippen molar-refractivity contribution in [1.29, 1.82) is 0 Å². The Balaban J connectivity index is 2.13. The summed E-state index contributed by atoms with van der Waals surface area (Å²) in [5.74, 6) is -0.374. The minimum absolute atomic E-state index is 0.0257. The summed E-state index contributed by atoms with van der Waals surface area (Å²) in [6.07, 6.45) is 2.21. The van der Waals surface area contributed by atoms with Crippen molar-refractivity contribution in [3.63, 3.8) is 0 Å². The molecule has 0 bridgehead atoms. The zero-order valence-electron chi connectivity index (χ0n) is 17.9. The lowest BCUT2D eigenvalue weighted by atomic mass is 9.92. The van der Waals surface area contributed by atoms with E-state index in [0.29, 0.717) is 24.9 Å². The lowest BCUT2D eigenvalue weighted by molar-refractivity contribution is 0.00266. The molecule has 0 radical (unpaired) electrons. The van der Waals surface area contributed by atoms with E-state index in [1.807, 2.05) is 46.8 Å². The first-order valence-corrected chi connectivity index (χ1v) is 11.1. The average molecular weight is 517 g/mol. The number of carbonyl (C=O) groups excluding carboxylic acids is 2. The number of esters is 1. The minimum Gasteiger partial charge on any atom is -0.445 e. The van der Waals surface area contributed by atoms with Gasteiger partial charge in [0.2, 0.25) is 0 Å². The molecule has 0 atom stereocenters. The summed E-state index contributed by atoms with van der Waals surface area (Å²) in [5.41, 5.74) is 0.805. The fraction of sp³-hybridized carbons (Fsp3) is 0.636. The Labute approximate surface area is 187 Å². The van der Waals surface area contributed by atoms with Crippen molar-refractivity contribution in [2.24, 2.45) is 0 Å². The molecule has 0 aliphatic heterocycles. The number of aliphatic hydroxyl groups excluding tert-OH is 1. The normalized spacial score (nSPS) is 20.1. The van der Waals surface area contributed by atoms with Crippen LogP contribution in [0.4, 0.5) is 4.79 Å². The number of hydrogen-bond donors (Lipinski definition) is 1. The molecule has 1 amide bonds. The monoisotopic (exact) mass is 517 g/mol. The van der Waals surface area contributed by atoms with Gasteiger partial charge in [0.15, 0.2) is 3.61 Å². The molecule has 0 unspecified atom stereocenters. The van der Waals surface area contributed by atoms with Crippen LogP contribution in [0.3, 0.4) is 0 Å². The molecular formula is C22H32INO5. The highest BCUT2D eigenvalue weighted by Gasteiger charge is 2.31. The van der Waals surface area contributed by atoms with E-state index in [2.05, 4.69) is 22.6 Å². The van der Waals surface area contributed by atoms with Gasteiger partial charge >= 0.3 is 12.1 Å². The molecule has 0 heterocycles. The molecule has 1 aromatic carbocycles. The van der Waals surface area contributed by atoms with E-state index in [0.717, 1.165) is 18.4 Å². The zero-order chi connectivity index (χ0) is 21.8. The van der Waals surface area contributed by atoms with Crippen LogP contribution in [0.1, 0.15) is 76.2 Å². The summed E-state index contributed by atoms with van der Waals surface area (Å²) in [5, 5.41) is 9.81. The van der Waals surface area contributed by atoms with Crippen molar-refractivity contribution in [2.45, 2.75) is 88.2 Å². The maximum absolute atomic E-state index is 12.8. The molecule has 1 aliphatic rings. The molecule has 6 nitrogen and oxygen atoms in total. The zero-order valence-corrected chi connectivity index (χ0v) is 20.1. The van der Waals surface area contributed by atoms with E-state index in [1.165, 1.54) is 0 Å². The van der Waals surface area contributed by atoms with Crippen molar-refractivity contribution in [3.05, 3.63) is 35.4 Å². The maximum atomic E-state index is 12.8. The van der Waals surface area contributed by atoms with Gasteiger partial charge in [-0.1, -0.05) is 12.1 Å². The molecule has 1 saturated carbocycles. The van der Waals surface area contributed by atoms with Gasteiger partial charge in [0.1, 0.15) is 5.60 Å². The topological polar surface area (TPSA) is 76.1 Å². The van der Waals surface area contributed by atoms with Crippen LogP contribution in [-0.2, 0) is 16.0 Å². The number of halogens is 1. The van der Waals surface area contributed by atoms with E-state index in [4.69, 9.17) is 9.47 Å². The summed E-state index contributed by atoms with van der Waals surface area (Å²) >= 11 is 2.07. The van der Waals surface area contributed by atoms with Crippen molar-refractivity contribution in [2.75, 3.05) is 0 Å². The first kappa shape index (κ1) is 23.9. The van der Waals surface area contributed by atoms with Gasteiger partial charge < -0.3 is 19.5 Å². The molecule has 29 heavy (non-hydrogen) atoms. The molecule has 1 aliphatic carbocycles. The molecule has 0 aromatic heterocycles. The fourth-order valence-corrected chi connectivity index (χ4v) is 3.46. The molecule has 1 aromatic rings. The largest absolute Gasteiger partial charge is 0.445 e. The Hall–Kier alpha value is -1.35. The average Bonchev–Trinajstić information content (AvgIpc) is 2.58. The molecule has 1 fully saturated rings. The summed E-state index contributed by atoms with van der Waals surface area (Å²) in [6.45, 7) is 9.58. The lowest BCUT2D eigenvalue weighted by Gasteiger charge is -2.36. The Morgan fingerprint density at radius 1 is 1.03 bits per heavy atom. The van der Waals surface area contributed by atoms with E-state index in [9.17, 15) is 14.7 Å². The van der Waals surface area contributed by atoms with Crippen LogP contribution >= 0.6 is 22.6 Å². The number of amides is 1. The number of ether oxygens (including phenoxy) is 2. The van der Waals surface area contributed by atoms with E-state index in [-0.39, 0.29) is 24.2 Å². The predicted molar refractivity (Wildman–Crippen MR) is 120 cm³/mol. The second-order valence-electron chi connectivity index (χ2n) is 9.02. The standard InChI is InChI=1S/C22H32INO5/c1-21(2,3)29-20(27)24(17-10-12-18(25)13-11-17)14-15-6-8-16(9-7-15)19(26)28-22(4,5)23/h6-9,17-18,25H,10-14H2,1-5H3. The smallest absolute Gasteiger partial charge is 0.410 e. The van der Waals surface area contributed by atoms with Crippen LogP contribution in [0, 0.1) is 0 Å². The SMILES string of the molecule is CC(C)(C)OC(=O)N(Cc1ccc(C(=O)OC(C)(C)I)cc1)C1CCC(O)CC1. The van der Waals surface area contributed by atoms with Crippen LogP contribution in [0.5, 0.6) is 0 Å². The van der Waals surface area contributed by atoms with Crippen LogP contribution < -0.4 is 0 Å². The summed E-state index contributed by atoms with van der Waals surface area (Å²) in [7, 11) is 0. The summed E-state index contributed by atoms with van der Waals surface area (Å²) < 4.78 is 10.4. The third-order valence-corrected chi connectivity index (χ3v) is 4.83. The lowest BCUT2D eigenvalue weighted by Crippen LogP contribution is -2.45. The van der Waals surface area contributed by atoms with Crippen molar-refractivity contribution in [3.8, 4) is 0 Å². The third kappa shape index (κ3) is 8.12. The molecule has 1 N–H and O–H groups in total. The number of nitrogens with zero attached hydrogens (tertiary/aromatic N) is 1. The summed E-state index contributed by atoms with van der Waals surface area (Å²) in [4.78, 5) is 26.8. The van der Waals surface area contributed by atoms with Crippen LogP contribution in [0.15, 0.2) is 24.3 Å². The molecule has 0 saturated heterocycles. The van der Waals surface area contributed by atoms with Gasteiger partial charge in [0.05, 0.1) is 11.7 Å². The first-order valence-electron chi connectivity index (χ1n) is 10.0.